The molecule has 1 fully saturated rings. The smallest absolute Gasteiger partial charge is 0.193 e. The van der Waals surface area contributed by atoms with E-state index in [0.29, 0.717) is 28.4 Å². The summed E-state index contributed by atoms with van der Waals surface area (Å²) in [4.78, 5) is 14.7. The summed E-state index contributed by atoms with van der Waals surface area (Å²) in [6, 6.07) is 13.8. The van der Waals surface area contributed by atoms with Crippen molar-refractivity contribution in [2.24, 2.45) is 0 Å². The number of likely N-dealkylation sites (tertiary alicyclic amines) is 1. The number of carbonyl (C=O) groups excluding carboxylic acids is 1. The Hall–Kier alpha value is -1.88. The quantitative estimate of drug-likeness (QED) is 0.750. The Morgan fingerprint density at radius 3 is 2.19 bits per heavy atom. The van der Waals surface area contributed by atoms with Crippen LogP contribution < -0.4 is 4.74 Å². The number of hydrogen-bond donors (Lipinski definition) is 1. The van der Waals surface area contributed by atoms with Crippen molar-refractivity contribution in [2.75, 3.05) is 26.2 Å². The summed E-state index contributed by atoms with van der Waals surface area (Å²) in [6.07, 6.45) is 3.18. The van der Waals surface area contributed by atoms with Crippen LogP contribution in [0.2, 0.25) is 5.02 Å². The summed E-state index contributed by atoms with van der Waals surface area (Å²) < 4.78 is 5.66. The fourth-order valence-corrected chi connectivity index (χ4v) is 3.28. The molecule has 1 aliphatic rings. The predicted molar refractivity (Wildman–Crippen MR) is 103 cm³/mol. The van der Waals surface area contributed by atoms with E-state index in [1.54, 1.807) is 48.5 Å². The second-order valence-electron chi connectivity index (χ2n) is 6.69. The maximum Gasteiger partial charge on any atom is 0.193 e. The van der Waals surface area contributed by atoms with Crippen molar-refractivity contribution < 1.29 is 14.6 Å². The number of β-amino-alcohol motifs (C(OH)–C–C–N with tert-alkyl or cyclic N) is 1. The minimum atomic E-state index is -0.511. The van der Waals surface area contributed by atoms with Gasteiger partial charge in [0.15, 0.2) is 5.78 Å². The van der Waals surface area contributed by atoms with Gasteiger partial charge in [0.2, 0.25) is 0 Å². The number of carbonyl (C=O) groups is 1. The average molecular weight is 374 g/mol. The molecule has 1 aliphatic heterocycles. The summed E-state index contributed by atoms with van der Waals surface area (Å²) in [5.74, 6) is 0.591. The van der Waals surface area contributed by atoms with Crippen LogP contribution in [-0.4, -0.2) is 48.1 Å². The number of nitrogens with zero attached hydrogens (tertiary/aromatic N) is 1. The van der Waals surface area contributed by atoms with E-state index in [-0.39, 0.29) is 12.4 Å². The lowest BCUT2D eigenvalue weighted by Crippen LogP contribution is -2.38. The first-order chi connectivity index (χ1) is 12.6. The van der Waals surface area contributed by atoms with Crippen LogP contribution in [0.5, 0.6) is 5.75 Å². The van der Waals surface area contributed by atoms with Gasteiger partial charge in [-0.15, -0.1) is 0 Å². The van der Waals surface area contributed by atoms with Gasteiger partial charge >= 0.3 is 0 Å². The van der Waals surface area contributed by atoms with Crippen LogP contribution in [0.4, 0.5) is 0 Å². The van der Waals surface area contributed by atoms with Crippen LogP contribution in [-0.2, 0) is 0 Å². The van der Waals surface area contributed by atoms with Crippen LogP contribution in [0.15, 0.2) is 48.5 Å². The molecule has 1 saturated heterocycles. The van der Waals surface area contributed by atoms with Gasteiger partial charge in [-0.2, -0.15) is 0 Å². The van der Waals surface area contributed by atoms with Gasteiger partial charge in [-0.3, -0.25) is 4.79 Å². The number of halogens is 1. The minimum absolute atomic E-state index is 0.0571. The van der Waals surface area contributed by atoms with Gasteiger partial charge in [0.05, 0.1) is 0 Å². The zero-order chi connectivity index (χ0) is 18.4. The van der Waals surface area contributed by atoms with E-state index in [0.717, 1.165) is 13.1 Å². The minimum Gasteiger partial charge on any atom is -0.491 e. The Kier molecular flexibility index (Phi) is 6.67. The van der Waals surface area contributed by atoms with Crippen LogP contribution in [0, 0.1) is 0 Å². The molecule has 0 aromatic heterocycles. The van der Waals surface area contributed by atoms with E-state index in [9.17, 15) is 9.90 Å². The van der Waals surface area contributed by atoms with Crippen molar-refractivity contribution >= 4 is 17.4 Å². The molecule has 0 aliphatic carbocycles. The highest BCUT2D eigenvalue weighted by Crippen LogP contribution is 2.17. The van der Waals surface area contributed by atoms with Crippen molar-refractivity contribution in [3.05, 3.63) is 64.7 Å². The molecule has 0 bridgehead atoms. The second-order valence-corrected chi connectivity index (χ2v) is 7.12. The average Bonchev–Trinajstić information content (AvgIpc) is 2.68. The molecule has 0 radical (unpaired) electrons. The van der Waals surface area contributed by atoms with Crippen molar-refractivity contribution in [3.63, 3.8) is 0 Å². The van der Waals surface area contributed by atoms with E-state index >= 15 is 0 Å². The molecule has 0 amide bonds. The summed E-state index contributed by atoms with van der Waals surface area (Å²) in [5, 5.41) is 10.8. The molecule has 4 nitrogen and oxygen atoms in total. The summed E-state index contributed by atoms with van der Waals surface area (Å²) in [6.45, 7) is 3.01. The van der Waals surface area contributed by atoms with Gasteiger partial charge in [0, 0.05) is 22.7 Å². The third-order valence-corrected chi connectivity index (χ3v) is 4.83. The topological polar surface area (TPSA) is 49.8 Å². The number of aliphatic hydroxyl groups excluding tert-OH is 1. The van der Waals surface area contributed by atoms with Crippen LogP contribution in [0.3, 0.4) is 0 Å². The van der Waals surface area contributed by atoms with E-state index < -0.39 is 6.10 Å². The molecule has 0 unspecified atom stereocenters. The van der Waals surface area contributed by atoms with Gasteiger partial charge in [0.1, 0.15) is 18.5 Å². The molecule has 3 rings (SSSR count). The molecule has 1 heterocycles. The Morgan fingerprint density at radius 1 is 1.00 bits per heavy atom. The van der Waals surface area contributed by atoms with Crippen molar-refractivity contribution in [1.29, 1.82) is 0 Å². The zero-order valence-electron chi connectivity index (χ0n) is 14.7. The largest absolute Gasteiger partial charge is 0.491 e. The zero-order valence-corrected chi connectivity index (χ0v) is 15.5. The summed E-state index contributed by atoms with van der Waals surface area (Å²) >= 11 is 5.85. The first-order valence-corrected chi connectivity index (χ1v) is 9.43. The van der Waals surface area contributed by atoms with Crippen molar-refractivity contribution in [3.8, 4) is 5.75 Å². The van der Waals surface area contributed by atoms with Gasteiger partial charge in [-0.05, 0) is 74.5 Å². The first kappa shape index (κ1) is 18.9. The molecule has 1 N–H and O–H groups in total. The fraction of sp³-hybridized carbons (Fsp3) is 0.381. The lowest BCUT2D eigenvalue weighted by molar-refractivity contribution is 0.0617. The van der Waals surface area contributed by atoms with Crippen LogP contribution in [0.1, 0.15) is 35.2 Å². The molecule has 0 spiro atoms. The van der Waals surface area contributed by atoms with Gasteiger partial charge in [-0.25, -0.2) is 0 Å². The monoisotopic (exact) mass is 373 g/mol. The van der Waals surface area contributed by atoms with Gasteiger partial charge < -0.3 is 14.7 Å². The number of rotatable bonds is 7. The van der Waals surface area contributed by atoms with Crippen LogP contribution in [0.25, 0.3) is 0 Å². The SMILES string of the molecule is O=C(c1ccc(Cl)cc1)c1ccc(OC[C@@H](O)CN2CCCCC2)cc1. The number of ether oxygens (including phenoxy) is 1. The number of ketones is 1. The second kappa shape index (κ2) is 9.17. The van der Waals surface area contributed by atoms with Crippen molar-refractivity contribution in [1.82, 2.24) is 4.90 Å². The molecule has 1 atom stereocenters. The fourth-order valence-electron chi connectivity index (χ4n) is 3.16. The van der Waals surface area contributed by atoms with E-state index in [1.807, 2.05) is 0 Å². The Balaban J connectivity index is 1.50. The molecule has 5 heteroatoms. The normalized spacial score (nSPS) is 16.2. The molecule has 26 heavy (non-hydrogen) atoms. The van der Waals surface area contributed by atoms with Gasteiger partial charge in [-0.1, -0.05) is 18.0 Å². The van der Waals surface area contributed by atoms with Crippen molar-refractivity contribution in [2.45, 2.75) is 25.4 Å². The first-order valence-electron chi connectivity index (χ1n) is 9.05. The number of aliphatic hydroxyl groups is 1. The number of hydrogen-bond acceptors (Lipinski definition) is 4. The van der Waals surface area contributed by atoms with Gasteiger partial charge in [0.25, 0.3) is 0 Å². The Bertz CT molecular complexity index is 709. The summed E-state index contributed by atoms with van der Waals surface area (Å²) in [7, 11) is 0. The standard InChI is InChI=1S/C21H24ClNO3/c22-18-8-4-16(5-9-18)21(25)17-6-10-20(11-7-17)26-15-19(24)14-23-12-2-1-3-13-23/h4-11,19,24H,1-3,12-15H2/t19-/m0/s1. The molecule has 2 aromatic rings. The molecular weight excluding hydrogens is 350 g/mol. The number of benzene rings is 2. The highest BCUT2D eigenvalue weighted by Gasteiger charge is 2.15. The molecular formula is C21H24ClNO3. The third-order valence-electron chi connectivity index (χ3n) is 4.58. The third kappa shape index (κ3) is 5.31. The maximum atomic E-state index is 12.4. The highest BCUT2D eigenvalue weighted by atomic mass is 35.5. The number of piperidine rings is 1. The van der Waals surface area contributed by atoms with Crippen LogP contribution >= 0.6 is 11.6 Å². The van der Waals surface area contributed by atoms with E-state index in [2.05, 4.69) is 4.90 Å². The molecule has 2 aromatic carbocycles. The highest BCUT2D eigenvalue weighted by molar-refractivity contribution is 6.30. The lowest BCUT2D eigenvalue weighted by Gasteiger charge is -2.28. The summed E-state index contributed by atoms with van der Waals surface area (Å²) in [5.41, 5.74) is 1.19. The van der Waals surface area contributed by atoms with E-state index in [4.69, 9.17) is 16.3 Å². The molecule has 138 valence electrons. The maximum absolute atomic E-state index is 12.4. The van der Waals surface area contributed by atoms with E-state index in [1.165, 1.54) is 19.3 Å². The Morgan fingerprint density at radius 2 is 1.58 bits per heavy atom. The molecule has 0 saturated carbocycles. The lowest BCUT2D eigenvalue weighted by atomic mass is 10.0. The predicted octanol–water partition coefficient (Wildman–Crippen LogP) is 3.80. The Labute approximate surface area is 159 Å².